The second-order valence-electron chi connectivity index (χ2n) is 3.47. The standard InChI is InChI=1S/C8H12N6O2S2/c1-14-11-8(10-13-14)12-18(15,16)7-3-2-6(17-7)4-5-9/h2-3H,4-5,9H2,1H3,(H,11,12). The van der Waals surface area contributed by atoms with Crippen molar-refractivity contribution in [3.8, 4) is 0 Å². The van der Waals surface area contributed by atoms with Gasteiger partial charge in [0, 0.05) is 4.88 Å². The van der Waals surface area contributed by atoms with E-state index >= 15 is 0 Å². The van der Waals surface area contributed by atoms with Crippen LogP contribution in [0.4, 0.5) is 5.95 Å². The molecule has 0 saturated carbocycles. The van der Waals surface area contributed by atoms with Gasteiger partial charge in [0.15, 0.2) is 0 Å². The fourth-order valence-corrected chi connectivity index (χ4v) is 3.58. The van der Waals surface area contributed by atoms with Gasteiger partial charge in [0.2, 0.25) is 0 Å². The molecule has 0 saturated heterocycles. The molecule has 0 fully saturated rings. The summed E-state index contributed by atoms with van der Waals surface area (Å²) >= 11 is 1.18. The molecular formula is C8H12N6O2S2. The number of thiophene rings is 1. The number of nitrogens with zero attached hydrogens (tertiary/aromatic N) is 4. The average molecular weight is 288 g/mol. The molecule has 0 aliphatic rings. The average Bonchev–Trinajstić information content (AvgIpc) is 2.88. The molecule has 2 rings (SSSR count). The van der Waals surface area contributed by atoms with Gasteiger partial charge >= 0.3 is 0 Å². The van der Waals surface area contributed by atoms with Crippen LogP contribution in [-0.4, -0.2) is 35.2 Å². The molecule has 2 heterocycles. The molecule has 10 heteroatoms. The highest BCUT2D eigenvalue weighted by molar-refractivity contribution is 7.94. The lowest BCUT2D eigenvalue weighted by molar-refractivity contribution is 0.602. The fourth-order valence-electron chi connectivity index (χ4n) is 1.27. The lowest BCUT2D eigenvalue weighted by Crippen LogP contribution is -2.12. The van der Waals surface area contributed by atoms with E-state index in [1.54, 1.807) is 13.1 Å². The molecule has 0 aliphatic carbocycles. The number of aromatic nitrogens is 4. The third-order valence-electron chi connectivity index (χ3n) is 2.03. The first-order chi connectivity index (χ1) is 8.51. The van der Waals surface area contributed by atoms with Crippen molar-refractivity contribution in [2.45, 2.75) is 10.6 Å². The maximum absolute atomic E-state index is 12.0. The molecular weight excluding hydrogens is 276 g/mol. The van der Waals surface area contributed by atoms with Gasteiger partial charge in [-0.2, -0.15) is 4.80 Å². The fraction of sp³-hybridized carbons (Fsp3) is 0.375. The Labute approximate surface area is 108 Å². The summed E-state index contributed by atoms with van der Waals surface area (Å²) in [6, 6.07) is 3.28. The zero-order valence-electron chi connectivity index (χ0n) is 9.57. The van der Waals surface area contributed by atoms with E-state index in [1.807, 2.05) is 0 Å². The molecule has 2 aromatic rings. The van der Waals surface area contributed by atoms with Crippen LogP contribution in [0.2, 0.25) is 0 Å². The Bertz CT molecular complexity index is 632. The molecule has 0 amide bonds. The van der Waals surface area contributed by atoms with Crippen LogP contribution >= 0.6 is 11.3 Å². The number of hydrogen-bond donors (Lipinski definition) is 2. The predicted molar refractivity (Wildman–Crippen MR) is 66.7 cm³/mol. The van der Waals surface area contributed by atoms with E-state index in [-0.39, 0.29) is 10.2 Å². The Balaban J connectivity index is 2.19. The lowest BCUT2D eigenvalue weighted by Gasteiger charge is -2.00. The first-order valence-corrected chi connectivity index (χ1v) is 7.37. The van der Waals surface area contributed by atoms with Gasteiger partial charge < -0.3 is 5.73 Å². The maximum Gasteiger partial charge on any atom is 0.277 e. The number of tetrazole rings is 1. The molecule has 0 radical (unpaired) electrons. The topological polar surface area (TPSA) is 116 Å². The Morgan fingerprint density at radius 3 is 2.89 bits per heavy atom. The molecule has 0 atom stereocenters. The van der Waals surface area contributed by atoms with Crippen molar-refractivity contribution in [2.24, 2.45) is 12.8 Å². The molecule has 0 aliphatic heterocycles. The van der Waals surface area contributed by atoms with Gasteiger partial charge in [0.05, 0.1) is 7.05 Å². The van der Waals surface area contributed by atoms with Gasteiger partial charge in [-0.15, -0.1) is 16.4 Å². The second-order valence-corrected chi connectivity index (χ2v) is 6.54. The van der Waals surface area contributed by atoms with Crippen LogP contribution in [0.1, 0.15) is 4.88 Å². The number of hydrogen-bond acceptors (Lipinski definition) is 7. The molecule has 8 nitrogen and oxygen atoms in total. The van der Waals surface area contributed by atoms with Crippen LogP contribution in [0.5, 0.6) is 0 Å². The summed E-state index contributed by atoms with van der Waals surface area (Å²) in [7, 11) is -2.10. The highest BCUT2D eigenvalue weighted by Crippen LogP contribution is 2.23. The third-order valence-corrected chi connectivity index (χ3v) is 4.99. The van der Waals surface area contributed by atoms with Crippen LogP contribution < -0.4 is 10.5 Å². The lowest BCUT2D eigenvalue weighted by atomic mass is 10.3. The highest BCUT2D eigenvalue weighted by atomic mass is 32.2. The Hall–Kier alpha value is -1.52. The SMILES string of the molecule is Cn1nnc(NS(=O)(=O)c2ccc(CCN)s2)n1. The number of rotatable bonds is 5. The number of nitrogens with two attached hydrogens (primary N) is 1. The van der Waals surface area contributed by atoms with E-state index in [4.69, 9.17) is 5.73 Å². The van der Waals surface area contributed by atoms with E-state index in [2.05, 4.69) is 20.1 Å². The third kappa shape index (κ3) is 2.83. The summed E-state index contributed by atoms with van der Waals surface area (Å²) in [5.74, 6) is -0.0497. The van der Waals surface area contributed by atoms with Crippen LogP contribution in [0, 0.1) is 0 Å². The minimum atomic E-state index is -3.65. The van der Waals surface area contributed by atoms with E-state index in [1.165, 1.54) is 22.2 Å². The maximum atomic E-state index is 12.0. The zero-order chi connectivity index (χ0) is 13.2. The van der Waals surface area contributed by atoms with Crippen molar-refractivity contribution in [1.82, 2.24) is 20.2 Å². The van der Waals surface area contributed by atoms with Crippen LogP contribution in [0.3, 0.4) is 0 Å². The first kappa shape index (κ1) is 12.9. The number of anilines is 1. The normalized spacial score (nSPS) is 11.7. The van der Waals surface area contributed by atoms with Crippen LogP contribution in [0.15, 0.2) is 16.3 Å². The van der Waals surface area contributed by atoms with E-state index in [0.717, 1.165) is 4.88 Å². The van der Waals surface area contributed by atoms with Gasteiger partial charge in [-0.25, -0.2) is 13.1 Å². The monoisotopic (exact) mass is 288 g/mol. The Kier molecular flexibility index (Phi) is 3.59. The molecule has 18 heavy (non-hydrogen) atoms. The number of aryl methyl sites for hydroxylation is 1. The summed E-state index contributed by atoms with van der Waals surface area (Å²) in [4.78, 5) is 2.09. The van der Waals surface area contributed by atoms with Crippen molar-refractivity contribution in [1.29, 1.82) is 0 Å². The van der Waals surface area contributed by atoms with Gasteiger partial charge in [0.1, 0.15) is 4.21 Å². The molecule has 0 unspecified atom stereocenters. The van der Waals surface area contributed by atoms with Gasteiger partial charge in [-0.05, 0) is 30.3 Å². The van der Waals surface area contributed by atoms with Crippen molar-refractivity contribution in [3.05, 3.63) is 17.0 Å². The minimum absolute atomic E-state index is 0.0497. The summed E-state index contributed by atoms with van der Waals surface area (Å²) in [5, 5.41) is 10.9. The number of nitrogens with one attached hydrogen (secondary N) is 1. The molecule has 0 spiro atoms. The summed E-state index contributed by atoms with van der Waals surface area (Å²) in [6.07, 6.45) is 0.656. The Morgan fingerprint density at radius 1 is 1.50 bits per heavy atom. The molecule has 98 valence electrons. The predicted octanol–water partition coefficient (Wildman–Crippen LogP) is -0.426. The molecule has 0 aromatic carbocycles. The van der Waals surface area contributed by atoms with E-state index < -0.39 is 10.0 Å². The number of sulfonamides is 1. The van der Waals surface area contributed by atoms with Crippen molar-refractivity contribution < 1.29 is 8.42 Å². The summed E-state index contributed by atoms with van der Waals surface area (Å²) < 4.78 is 26.4. The summed E-state index contributed by atoms with van der Waals surface area (Å²) in [5.41, 5.74) is 5.42. The first-order valence-electron chi connectivity index (χ1n) is 5.07. The van der Waals surface area contributed by atoms with Gasteiger partial charge in [-0.3, -0.25) is 0 Å². The van der Waals surface area contributed by atoms with E-state index in [9.17, 15) is 8.42 Å². The van der Waals surface area contributed by atoms with Gasteiger partial charge in [-0.1, -0.05) is 5.10 Å². The van der Waals surface area contributed by atoms with Crippen LogP contribution in [-0.2, 0) is 23.5 Å². The Morgan fingerprint density at radius 2 is 2.28 bits per heavy atom. The summed E-state index contributed by atoms with van der Waals surface area (Å²) in [6.45, 7) is 0.485. The highest BCUT2D eigenvalue weighted by Gasteiger charge is 2.18. The minimum Gasteiger partial charge on any atom is -0.330 e. The smallest absolute Gasteiger partial charge is 0.277 e. The second kappa shape index (κ2) is 5.00. The molecule has 2 aromatic heterocycles. The molecule has 0 bridgehead atoms. The van der Waals surface area contributed by atoms with Crippen molar-refractivity contribution in [3.63, 3.8) is 0 Å². The van der Waals surface area contributed by atoms with Crippen LogP contribution in [0.25, 0.3) is 0 Å². The zero-order valence-corrected chi connectivity index (χ0v) is 11.2. The van der Waals surface area contributed by atoms with E-state index in [0.29, 0.717) is 13.0 Å². The van der Waals surface area contributed by atoms with Crippen molar-refractivity contribution >= 4 is 27.3 Å². The van der Waals surface area contributed by atoms with Gasteiger partial charge in [0.25, 0.3) is 16.0 Å². The van der Waals surface area contributed by atoms with Crippen molar-refractivity contribution in [2.75, 3.05) is 11.3 Å². The molecule has 3 N–H and O–H groups in total. The quantitative estimate of drug-likeness (QED) is 0.771. The largest absolute Gasteiger partial charge is 0.330 e.